The summed E-state index contributed by atoms with van der Waals surface area (Å²) in [5.41, 5.74) is 0.0440. The average Bonchev–Trinajstić information content (AvgIpc) is 3.32. The Bertz CT molecular complexity index is 1060. The second-order valence-corrected chi connectivity index (χ2v) is 7.19. The molecule has 1 fully saturated rings. The van der Waals surface area contributed by atoms with Gasteiger partial charge in [-0.15, -0.1) is 0 Å². The second-order valence-electron chi connectivity index (χ2n) is 7.19. The SMILES string of the molecule is CCc1cc(C(F)(F)F)c2c(C3CCCN(C(=O)c4ccnn4C)C3)noc2n1. The van der Waals surface area contributed by atoms with Crippen molar-refractivity contribution in [1.29, 1.82) is 0 Å². The Balaban J connectivity index is 1.71. The average molecular weight is 407 g/mol. The van der Waals surface area contributed by atoms with Gasteiger partial charge in [0.05, 0.1) is 16.6 Å². The Hall–Kier alpha value is -2.91. The lowest BCUT2D eigenvalue weighted by molar-refractivity contribution is -0.136. The molecular weight excluding hydrogens is 387 g/mol. The van der Waals surface area contributed by atoms with E-state index in [0.717, 1.165) is 6.07 Å². The maximum atomic E-state index is 13.7. The standard InChI is InChI=1S/C19H20F3N5O2/c1-3-12-9-13(19(20,21)22)15-16(25-29-17(15)24-12)11-5-4-8-27(10-11)18(28)14-6-7-23-26(14)2/h6-7,9,11H,3-5,8,10H2,1-2H3. The Morgan fingerprint density at radius 1 is 1.38 bits per heavy atom. The fourth-order valence-electron chi connectivity index (χ4n) is 3.84. The van der Waals surface area contributed by atoms with E-state index in [0.29, 0.717) is 37.2 Å². The van der Waals surface area contributed by atoms with Crippen molar-refractivity contribution in [2.75, 3.05) is 13.1 Å². The van der Waals surface area contributed by atoms with Gasteiger partial charge in [0, 0.05) is 37.9 Å². The summed E-state index contributed by atoms with van der Waals surface area (Å²) < 4.78 is 47.8. The summed E-state index contributed by atoms with van der Waals surface area (Å²) in [6, 6.07) is 2.68. The van der Waals surface area contributed by atoms with Crippen molar-refractivity contribution in [1.82, 2.24) is 24.8 Å². The van der Waals surface area contributed by atoms with Gasteiger partial charge in [0.2, 0.25) is 0 Å². The molecule has 1 amide bonds. The number of alkyl halides is 3. The fraction of sp³-hybridized carbons (Fsp3) is 0.474. The Morgan fingerprint density at radius 3 is 2.83 bits per heavy atom. The molecule has 154 valence electrons. The van der Waals surface area contributed by atoms with Crippen molar-refractivity contribution >= 4 is 17.0 Å². The van der Waals surface area contributed by atoms with Gasteiger partial charge in [0.1, 0.15) is 5.69 Å². The minimum atomic E-state index is -4.55. The number of fused-ring (bicyclic) bond motifs is 1. The largest absolute Gasteiger partial charge is 0.417 e. The molecule has 0 N–H and O–H groups in total. The van der Waals surface area contributed by atoms with Crippen LogP contribution in [0.2, 0.25) is 0 Å². The molecule has 29 heavy (non-hydrogen) atoms. The summed E-state index contributed by atoms with van der Waals surface area (Å²) in [4.78, 5) is 18.6. The molecule has 10 heteroatoms. The lowest BCUT2D eigenvalue weighted by Gasteiger charge is -2.32. The van der Waals surface area contributed by atoms with Crippen LogP contribution in [0.1, 0.15) is 53.1 Å². The number of carbonyl (C=O) groups excluding carboxylic acids is 1. The zero-order chi connectivity index (χ0) is 20.8. The lowest BCUT2D eigenvalue weighted by Crippen LogP contribution is -2.40. The molecule has 0 bridgehead atoms. The number of hydrogen-bond acceptors (Lipinski definition) is 5. The molecule has 1 unspecified atom stereocenters. The summed E-state index contributed by atoms with van der Waals surface area (Å²) in [6.07, 6.45) is -1.39. The first-order chi connectivity index (χ1) is 13.8. The summed E-state index contributed by atoms with van der Waals surface area (Å²) >= 11 is 0. The number of nitrogens with zero attached hydrogens (tertiary/aromatic N) is 5. The van der Waals surface area contributed by atoms with Crippen molar-refractivity contribution in [3.8, 4) is 0 Å². The minimum Gasteiger partial charge on any atom is -0.337 e. The van der Waals surface area contributed by atoms with Crippen LogP contribution < -0.4 is 0 Å². The second kappa shape index (κ2) is 7.16. The highest BCUT2D eigenvalue weighted by molar-refractivity contribution is 5.92. The highest BCUT2D eigenvalue weighted by Crippen LogP contribution is 2.40. The molecule has 0 saturated carbocycles. The maximum Gasteiger partial charge on any atom is 0.417 e. The normalized spacial score (nSPS) is 17.8. The van der Waals surface area contributed by atoms with E-state index in [1.807, 2.05) is 0 Å². The van der Waals surface area contributed by atoms with Crippen molar-refractivity contribution in [2.24, 2.45) is 7.05 Å². The van der Waals surface area contributed by atoms with Crippen molar-refractivity contribution in [3.05, 3.63) is 41.0 Å². The molecule has 1 atom stereocenters. The van der Waals surface area contributed by atoms with E-state index in [2.05, 4.69) is 15.2 Å². The molecular formula is C19H20F3N5O2. The van der Waals surface area contributed by atoms with Gasteiger partial charge in [0.15, 0.2) is 0 Å². The first-order valence-corrected chi connectivity index (χ1v) is 9.43. The quantitative estimate of drug-likeness (QED) is 0.664. The van der Waals surface area contributed by atoms with Crippen molar-refractivity contribution in [2.45, 2.75) is 38.3 Å². The van der Waals surface area contributed by atoms with Crippen LogP contribution in [-0.4, -0.2) is 43.8 Å². The third-order valence-electron chi connectivity index (χ3n) is 5.33. The molecule has 4 rings (SSSR count). The molecule has 0 spiro atoms. The number of pyridine rings is 1. The van der Waals surface area contributed by atoms with Crippen LogP contribution in [0.25, 0.3) is 11.1 Å². The molecule has 0 aliphatic carbocycles. The summed E-state index contributed by atoms with van der Waals surface area (Å²) in [6.45, 7) is 2.52. The summed E-state index contributed by atoms with van der Waals surface area (Å²) in [5.74, 6) is -0.567. The Labute approximate surface area is 164 Å². The Morgan fingerprint density at radius 2 is 2.17 bits per heavy atom. The Kier molecular flexibility index (Phi) is 4.79. The first-order valence-electron chi connectivity index (χ1n) is 9.43. The van der Waals surface area contributed by atoms with E-state index in [4.69, 9.17) is 4.52 Å². The third-order valence-corrected chi connectivity index (χ3v) is 5.33. The molecule has 0 aromatic carbocycles. The van der Waals surface area contributed by atoms with Crippen LogP contribution >= 0.6 is 0 Å². The highest BCUT2D eigenvalue weighted by atomic mass is 19.4. The molecule has 7 nitrogen and oxygen atoms in total. The van der Waals surface area contributed by atoms with Crippen LogP contribution in [0.3, 0.4) is 0 Å². The molecule has 1 aliphatic rings. The van der Waals surface area contributed by atoms with E-state index >= 15 is 0 Å². The number of hydrogen-bond donors (Lipinski definition) is 0. The van der Waals surface area contributed by atoms with E-state index < -0.39 is 11.7 Å². The predicted octanol–water partition coefficient (Wildman–Crippen LogP) is 3.56. The van der Waals surface area contributed by atoms with Crippen molar-refractivity contribution < 1.29 is 22.5 Å². The van der Waals surface area contributed by atoms with Crippen LogP contribution in [0.5, 0.6) is 0 Å². The van der Waals surface area contributed by atoms with E-state index in [1.54, 1.807) is 24.9 Å². The number of amides is 1. The van der Waals surface area contributed by atoms with Gasteiger partial charge >= 0.3 is 6.18 Å². The summed E-state index contributed by atoms with van der Waals surface area (Å²) in [5, 5.41) is 7.85. The number of piperidine rings is 1. The molecule has 4 heterocycles. The molecule has 3 aromatic rings. The zero-order valence-electron chi connectivity index (χ0n) is 16.0. The van der Waals surface area contributed by atoms with Gasteiger partial charge in [-0.25, -0.2) is 4.98 Å². The monoisotopic (exact) mass is 407 g/mol. The van der Waals surface area contributed by atoms with E-state index in [1.165, 1.54) is 10.9 Å². The predicted molar refractivity (Wildman–Crippen MR) is 97.3 cm³/mol. The van der Waals surface area contributed by atoms with Gasteiger partial charge in [-0.1, -0.05) is 12.1 Å². The number of carbonyl (C=O) groups is 1. The van der Waals surface area contributed by atoms with Gasteiger partial charge in [-0.3, -0.25) is 9.48 Å². The van der Waals surface area contributed by atoms with Gasteiger partial charge in [-0.05, 0) is 31.4 Å². The van der Waals surface area contributed by atoms with Crippen LogP contribution in [0.4, 0.5) is 13.2 Å². The molecule has 1 saturated heterocycles. The number of likely N-dealkylation sites (tertiary alicyclic amines) is 1. The number of aryl methyl sites for hydroxylation is 2. The maximum absolute atomic E-state index is 13.7. The highest BCUT2D eigenvalue weighted by Gasteiger charge is 2.38. The summed E-state index contributed by atoms with van der Waals surface area (Å²) in [7, 11) is 1.67. The lowest BCUT2D eigenvalue weighted by atomic mass is 9.91. The van der Waals surface area contributed by atoms with Crippen LogP contribution in [0.15, 0.2) is 22.9 Å². The number of rotatable bonds is 3. The van der Waals surface area contributed by atoms with Gasteiger partial charge < -0.3 is 9.42 Å². The zero-order valence-corrected chi connectivity index (χ0v) is 16.0. The van der Waals surface area contributed by atoms with E-state index in [-0.39, 0.29) is 35.2 Å². The van der Waals surface area contributed by atoms with Gasteiger partial charge in [0.25, 0.3) is 11.6 Å². The third kappa shape index (κ3) is 3.47. The van der Waals surface area contributed by atoms with Crippen LogP contribution in [-0.2, 0) is 19.6 Å². The molecule has 1 aliphatic heterocycles. The molecule has 3 aromatic heterocycles. The topological polar surface area (TPSA) is 77.0 Å². The fourth-order valence-corrected chi connectivity index (χ4v) is 3.84. The van der Waals surface area contributed by atoms with E-state index in [9.17, 15) is 18.0 Å². The first kappa shape index (κ1) is 19.4. The molecule has 0 radical (unpaired) electrons. The number of halogens is 3. The number of aromatic nitrogens is 4. The van der Waals surface area contributed by atoms with Crippen molar-refractivity contribution in [3.63, 3.8) is 0 Å². The van der Waals surface area contributed by atoms with Crippen LogP contribution in [0, 0.1) is 0 Å². The smallest absolute Gasteiger partial charge is 0.337 e. The van der Waals surface area contributed by atoms with Gasteiger partial charge in [-0.2, -0.15) is 18.3 Å². The minimum absolute atomic E-state index is 0.102.